The van der Waals surface area contributed by atoms with Crippen molar-refractivity contribution in [3.05, 3.63) is 58.9 Å². The molecule has 1 saturated heterocycles. The first-order valence-corrected chi connectivity index (χ1v) is 13.3. The summed E-state index contributed by atoms with van der Waals surface area (Å²) in [6.07, 6.45) is -4.58. The molecular formula is C23H21ClF4N2O4S2. The van der Waals surface area contributed by atoms with Gasteiger partial charge in [-0.25, -0.2) is 12.8 Å². The summed E-state index contributed by atoms with van der Waals surface area (Å²) in [6, 6.07) is 8.10. The van der Waals surface area contributed by atoms with Crippen LogP contribution in [-0.2, 0) is 16.2 Å². The number of methoxy groups -OCH3 is 1. The number of hydrogen-bond donors (Lipinski definition) is 1. The van der Waals surface area contributed by atoms with Gasteiger partial charge in [-0.1, -0.05) is 11.6 Å². The average molecular weight is 565 g/mol. The minimum absolute atomic E-state index is 0.0190. The fourth-order valence-corrected chi connectivity index (χ4v) is 6.65. The molecule has 1 N–H and O–H groups in total. The van der Waals surface area contributed by atoms with Gasteiger partial charge in [-0.15, -0.1) is 11.3 Å². The van der Waals surface area contributed by atoms with Crippen LogP contribution in [-0.4, -0.2) is 46.7 Å². The number of likely N-dealkylation sites (N-methyl/N-ethyl adjacent to an activating group) is 1. The van der Waals surface area contributed by atoms with Crippen LogP contribution in [0.5, 0.6) is 11.5 Å². The molecule has 6 nitrogen and oxygen atoms in total. The summed E-state index contributed by atoms with van der Waals surface area (Å²) >= 11 is 7.03. The maximum absolute atomic E-state index is 14.1. The molecule has 0 radical (unpaired) electrons. The van der Waals surface area contributed by atoms with E-state index in [0.717, 1.165) is 29.5 Å². The van der Waals surface area contributed by atoms with Crippen molar-refractivity contribution < 1.29 is 35.5 Å². The zero-order chi connectivity index (χ0) is 26.3. The molecule has 1 atom stereocenters. The van der Waals surface area contributed by atoms with E-state index >= 15 is 0 Å². The second kappa shape index (κ2) is 10.1. The molecular weight excluding hydrogens is 544 g/mol. The molecule has 0 bridgehead atoms. The highest BCUT2D eigenvalue weighted by atomic mass is 35.5. The molecule has 4 rings (SSSR count). The zero-order valence-corrected chi connectivity index (χ0v) is 21.4. The highest BCUT2D eigenvalue weighted by molar-refractivity contribution is 7.94. The summed E-state index contributed by atoms with van der Waals surface area (Å²) < 4.78 is 93.4. The fourth-order valence-electron chi connectivity index (χ4n) is 3.78. The first kappa shape index (κ1) is 26.5. The highest BCUT2D eigenvalue weighted by Crippen LogP contribution is 2.41. The lowest BCUT2D eigenvalue weighted by Gasteiger charge is -2.19. The molecule has 2 heterocycles. The van der Waals surface area contributed by atoms with Gasteiger partial charge in [0.15, 0.2) is 11.6 Å². The van der Waals surface area contributed by atoms with E-state index in [9.17, 15) is 26.0 Å². The summed E-state index contributed by atoms with van der Waals surface area (Å²) in [5.74, 6) is -1.08. The molecule has 1 fully saturated rings. The number of thiophene rings is 1. The summed E-state index contributed by atoms with van der Waals surface area (Å²) in [4.78, 5) is 2.23. The molecule has 1 aromatic heterocycles. The Morgan fingerprint density at radius 3 is 2.50 bits per heavy atom. The van der Waals surface area contributed by atoms with E-state index in [1.165, 1.54) is 31.4 Å². The van der Waals surface area contributed by atoms with Crippen LogP contribution >= 0.6 is 22.9 Å². The van der Waals surface area contributed by atoms with E-state index in [2.05, 4.69) is 4.72 Å². The lowest BCUT2D eigenvalue weighted by atomic mass is 10.1. The van der Waals surface area contributed by atoms with Crippen molar-refractivity contribution in [2.45, 2.75) is 22.9 Å². The standard InChI is InChI=1S/C23H21ClF4N2O4S2/c1-30-8-7-15(12-30)34-20-10-14(4-5-16(20)23(26,27)28)29-36(31,32)21-11-17(24)22(35-21)13-3-6-19(33-2)18(25)9-13/h3-6,9-11,15,29H,7-8,12H2,1-2H3. The lowest BCUT2D eigenvalue weighted by molar-refractivity contribution is -0.139. The molecule has 1 unspecified atom stereocenters. The maximum Gasteiger partial charge on any atom is 0.419 e. The third kappa shape index (κ3) is 5.72. The largest absolute Gasteiger partial charge is 0.494 e. The Morgan fingerprint density at radius 1 is 1.14 bits per heavy atom. The Hall–Kier alpha value is -2.54. The summed E-state index contributed by atoms with van der Waals surface area (Å²) in [6.45, 7) is 1.13. The van der Waals surface area contributed by atoms with Crippen LogP contribution in [0, 0.1) is 5.82 Å². The van der Waals surface area contributed by atoms with Crippen LogP contribution in [0.3, 0.4) is 0 Å². The number of alkyl halides is 3. The number of hydrogen-bond acceptors (Lipinski definition) is 6. The number of nitrogens with zero attached hydrogens (tertiary/aromatic N) is 1. The van der Waals surface area contributed by atoms with E-state index < -0.39 is 39.4 Å². The van der Waals surface area contributed by atoms with Gasteiger partial charge >= 0.3 is 6.18 Å². The number of nitrogens with one attached hydrogen (secondary N) is 1. The van der Waals surface area contributed by atoms with Crippen molar-refractivity contribution >= 4 is 38.6 Å². The summed E-state index contributed by atoms with van der Waals surface area (Å²) in [7, 11) is -1.08. The van der Waals surface area contributed by atoms with E-state index in [1.807, 2.05) is 11.9 Å². The van der Waals surface area contributed by atoms with Gasteiger partial charge in [-0.3, -0.25) is 4.72 Å². The number of benzene rings is 2. The number of ether oxygens (including phenoxy) is 2. The Bertz CT molecular complexity index is 1380. The van der Waals surface area contributed by atoms with Crippen LogP contribution < -0.4 is 14.2 Å². The van der Waals surface area contributed by atoms with Gasteiger partial charge in [0.1, 0.15) is 16.1 Å². The van der Waals surface area contributed by atoms with Gasteiger partial charge in [-0.2, -0.15) is 13.2 Å². The maximum atomic E-state index is 14.1. The first-order valence-electron chi connectivity index (χ1n) is 10.6. The van der Waals surface area contributed by atoms with Gasteiger partial charge in [0, 0.05) is 19.2 Å². The van der Waals surface area contributed by atoms with Crippen molar-refractivity contribution in [1.29, 1.82) is 0 Å². The van der Waals surface area contributed by atoms with Crippen molar-refractivity contribution in [3.63, 3.8) is 0 Å². The molecule has 0 aliphatic carbocycles. The summed E-state index contributed by atoms with van der Waals surface area (Å²) in [5.41, 5.74) is -0.759. The Morgan fingerprint density at radius 2 is 1.89 bits per heavy atom. The van der Waals surface area contributed by atoms with Crippen LogP contribution in [0.25, 0.3) is 10.4 Å². The highest BCUT2D eigenvalue weighted by Gasteiger charge is 2.36. The molecule has 1 aliphatic heterocycles. The van der Waals surface area contributed by atoms with E-state index in [-0.39, 0.29) is 20.7 Å². The SMILES string of the molecule is COc1ccc(-c2sc(S(=O)(=O)Nc3ccc(C(F)(F)F)c(OC4CCN(C)C4)c3)cc2Cl)cc1F. The second-order valence-corrected chi connectivity index (χ2v) is 11.6. The normalized spacial score (nSPS) is 16.8. The van der Waals surface area contributed by atoms with E-state index in [0.29, 0.717) is 30.0 Å². The Labute approximate surface area is 214 Å². The van der Waals surface area contributed by atoms with Crippen LogP contribution in [0.1, 0.15) is 12.0 Å². The minimum Gasteiger partial charge on any atom is -0.494 e. The molecule has 13 heteroatoms. The van der Waals surface area contributed by atoms with Crippen molar-refractivity contribution in [2.75, 3.05) is 32.0 Å². The van der Waals surface area contributed by atoms with Gasteiger partial charge in [0.25, 0.3) is 10.0 Å². The van der Waals surface area contributed by atoms with Crippen molar-refractivity contribution in [1.82, 2.24) is 4.90 Å². The van der Waals surface area contributed by atoms with Gasteiger partial charge in [-0.05, 0) is 55.4 Å². The number of anilines is 1. The molecule has 3 aromatic rings. The molecule has 2 aromatic carbocycles. The minimum atomic E-state index is -4.68. The van der Waals surface area contributed by atoms with Crippen LogP contribution in [0.15, 0.2) is 46.7 Å². The molecule has 194 valence electrons. The van der Waals surface area contributed by atoms with Crippen molar-refractivity contribution in [2.24, 2.45) is 0 Å². The molecule has 0 spiro atoms. The van der Waals surface area contributed by atoms with E-state index in [4.69, 9.17) is 21.1 Å². The number of likely N-dealkylation sites (tertiary alicyclic amines) is 1. The molecule has 0 saturated carbocycles. The average Bonchev–Trinajstić information content (AvgIpc) is 3.38. The second-order valence-electron chi connectivity index (χ2n) is 8.20. The zero-order valence-electron chi connectivity index (χ0n) is 19.0. The third-order valence-electron chi connectivity index (χ3n) is 5.52. The lowest BCUT2D eigenvalue weighted by Crippen LogP contribution is -2.23. The predicted molar refractivity (Wildman–Crippen MR) is 130 cm³/mol. The molecule has 0 amide bonds. The monoisotopic (exact) mass is 564 g/mol. The van der Waals surface area contributed by atoms with Gasteiger partial charge in [0.05, 0.1) is 28.3 Å². The molecule has 1 aliphatic rings. The topological polar surface area (TPSA) is 67.9 Å². The van der Waals surface area contributed by atoms with Crippen molar-refractivity contribution in [3.8, 4) is 21.9 Å². The summed E-state index contributed by atoms with van der Waals surface area (Å²) in [5, 5.41) is 0.0757. The van der Waals surface area contributed by atoms with Gasteiger partial charge < -0.3 is 14.4 Å². The third-order valence-corrected chi connectivity index (χ3v) is 8.97. The predicted octanol–water partition coefficient (Wildman–Crippen LogP) is 6.12. The van der Waals surface area contributed by atoms with Crippen LogP contribution in [0.2, 0.25) is 5.02 Å². The van der Waals surface area contributed by atoms with Gasteiger partial charge in [0.2, 0.25) is 0 Å². The Balaban J connectivity index is 1.62. The number of sulfonamides is 1. The number of rotatable bonds is 7. The smallest absolute Gasteiger partial charge is 0.419 e. The van der Waals surface area contributed by atoms with E-state index in [1.54, 1.807) is 0 Å². The van der Waals surface area contributed by atoms with Crippen LogP contribution in [0.4, 0.5) is 23.2 Å². The first-order chi connectivity index (χ1) is 16.9. The Kier molecular flexibility index (Phi) is 7.42. The quantitative estimate of drug-likeness (QED) is 0.350. The molecule has 36 heavy (non-hydrogen) atoms. The number of halogens is 5. The fraction of sp³-hybridized carbons (Fsp3) is 0.304.